The van der Waals surface area contributed by atoms with Gasteiger partial charge in [0, 0.05) is 10.8 Å². The molecule has 2 saturated heterocycles. The van der Waals surface area contributed by atoms with E-state index in [4.69, 9.17) is 16.3 Å². The van der Waals surface area contributed by atoms with Crippen LogP contribution in [0, 0.1) is 0 Å². The first-order valence-electron chi connectivity index (χ1n) is 11.0. The number of hydrogen-bond donors (Lipinski definition) is 1. The van der Waals surface area contributed by atoms with Crippen LogP contribution in [0.25, 0.3) is 0 Å². The lowest BCUT2D eigenvalue weighted by molar-refractivity contribution is -0.140. The summed E-state index contributed by atoms with van der Waals surface area (Å²) < 4.78 is 4.19. The number of rotatable bonds is 4. The summed E-state index contributed by atoms with van der Waals surface area (Å²) in [6.45, 7) is 3.67. The van der Waals surface area contributed by atoms with E-state index in [1.165, 1.54) is 16.7 Å². The molecule has 9 heteroatoms. The van der Waals surface area contributed by atoms with Crippen LogP contribution in [0.15, 0.2) is 70.9 Å². The zero-order valence-electron chi connectivity index (χ0n) is 18.6. The third-order valence-electron chi connectivity index (χ3n) is 6.31. The van der Waals surface area contributed by atoms with E-state index in [1.807, 2.05) is 36.4 Å². The summed E-state index contributed by atoms with van der Waals surface area (Å²) in [5.74, 6) is -0.387. The first kappa shape index (κ1) is 23.5. The lowest BCUT2D eigenvalue weighted by Crippen LogP contribution is -2.50. The number of carbonyl (C=O) groups excluding carboxylic acids is 2. The number of carbonyl (C=O) groups is 2. The van der Waals surface area contributed by atoms with Crippen molar-refractivity contribution in [2.45, 2.75) is 36.0 Å². The topological polar surface area (TPSA) is 79.2 Å². The third kappa shape index (κ3) is 3.50. The number of aliphatic hydroxyl groups is 1. The van der Waals surface area contributed by atoms with E-state index in [0.29, 0.717) is 27.2 Å². The third-order valence-corrected chi connectivity index (χ3v) is 9.78. The fourth-order valence-electron chi connectivity index (χ4n) is 4.77. The minimum Gasteiger partial charge on any atom is -0.463 e. The van der Waals surface area contributed by atoms with Crippen LogP contribution in [0.4, 0.5) is 0 Å². The van der Waals surface area contributed by atoms with E-state index in [-0.39, 0.29) is 23.3 Å². The van der Waals surface area contributed by atoms with E-state index in [2.05, 4.69) is 4.99 Å². The summed E-state index contributed by atoms with van der Waals surface area (Å²) in [6, 6.07) is 16.1. The molecular formula is C25H23ClN2O4S2. The molecule has 6 nitrogen and oxygen atoms in total. The Morgan fingerprint density at radius 1 is 1.24 bits per heavy atom. The molecule has 0 saturated carbocycles. The molecule has 0 bridgehead atoms. The highest BCUT2D eigenvalue weighted by Gasteiger charge is 2.66. The molecule has 2 aromatic rings. The molecule has 2 fully saturated rings. The lowest BCUT2D eigenvalue weighted by Gasteiger charge is -2.35. The molecule has 0 radical (unpaired) electrons. The second kappa shape index (κ2) is 9.07. The van der Waals surface area contributed by atoms with E-state index in [0.717, 1.165) is 5.56 Å². The number of aliphatic imine (C=N–C) groups is 1. The quantitative estimate of drug-likeness (QED) is 0.593. The number of benzene rings is 2. The van der Waals surface area contributed by atoms with Crippen molar-refractivity contribution in [2.24, 2.45) is 4.99 Å². The zero-order chi connectivity index (χ0) is 24.0. The number of hydrogen-bond acceptors (Lipinski definition) is 7. The summed E-state index contributed by atoms with van der Waals surface area (Å²) in [7, 11) is 0. The van der Waals surface area contributed by atoms with E-state index in [9.17, 15) is 14.7 Å². The SMILES string of the molecule is CCOC(=O)C1=C(C)N=C2SC3(C(=O)N2C1c1ccccc1Cl)C(O)CSC3c1ccccc1. The maximum absolute atomic E-state index is 14.3. The number of esters is 1. The van der Waals surface area contributed by atoms with Crippen LogP contribution in [0.2, 0.25) is 5.02 Å². The number of ether oxygens (including phenoxy) is 1. The molecule has 3 heterocycles. The van der Waals surface area contributed by atoms with Gasteiger partial charge in [0.15, 0.2) is 5.17 Å². The molecule has 1 N–H and O–H groups in total. The van der Waals surface area contributed by atoms with Crippen molar-refractivity contribution in [3.05, 3.63) is 82.0 Å². The van der Waals surface area contributed by atoms with Gasteiger partial charge in [0.2, 0.25) is 5.91 Å². The summed E-state index contributed by atoms with van der Waals surface area (Å²) in [6.07, 6.45) is -0.883. The first-order valence-corrected chi connectivity index (χ1v) is 13.2. The average molecular weight is 515 g/mol. The number of thioether (sulfide) groups is 2. The van der Waals surface area contributed by atoms with Gasteiger partial charge in [-0.1, -0.05) is 71.9 Å². The molecule has 5 rings (SSSR count). The van der Waals surface area contributed by atoms with Gasteiger partial charge in [0.25, 0.3) is 0 Å². The Bertz CT molecular complexity index is 1220. The summed E-state index contributed by atoms with van der Waals surface area (Å²) >= 11 is 9.43. The second-order valence-electron chi connectivity index (χ2n) is 8.25. The van der Waals surface area contributed by atoms with Crippen molar-refractivity contribution in [1.29, 1.82) is 0 Å². The van der Waals surface area contributed by atoms with Crippen LogP contribution in [0.1, 0.15) is 36.3 Å². The van der Waals surface area contributed by atoms with Gasteiger partial charge in [-0.25, -0.2) is 9.79 Å². The van der Waals surface area contributed by atoms with Gasteiger partial charge < -0.3 is 9.84 Å². The molecule has 176 valence electrons. The highest BCUT2D eigenvalue weighted by atomic mass is 35.5. The lowest BCUT2D eigenvalue weighted by atomic mass is 9.89. The predicted molar refractivity (Wildman–Crippen MR) is 136 cm³/mol. The highest BCUT2D eigenvalue weighted by molar-refractivity contribution is 8.17. The number of fused-ring (bicyclic) bond motifs is 1. The monoisotopic (exact) mass is 514 g/mol. The average Bonchev–Trinajstić information content (AvgIpc) is 3.31. The van der Waals surface area contributed by atoms with Crippen molar-refractivity contribution in [3.8, 4) is 0 Å². The number of aliphatic hydroxyl groups excluding tert-OH is 1. The summed E-state index contributed by atoms with van der Waals surface area (Å²) in [5.41, 5.74) is 2.33. The number of nitrogens with zero attached hydrogens (tertiary/aromatic N) is 2. The smallest absolute Gasteiger partial charge is 0.338 e. The molecular weight excluding hydrogens is 492 g/mol. The minimum atomic E-state index is -1.16. The molecule has 0 aromatic heterocycles. The summed E-state index contributed by atoms with van der Waals surface area (Å²) in [4.78, 5) is 33.6. The molecule has 3 aliphatic rings. The molecule has 0 aliphatic carbocycles. The van der Waals surface area contributed by atoms with E-state index in [1.54, 1.807) is 43.8 Å². The fourth-order valence-corrected chi connectivity index (χ4v) is 8.38. The van der Waals surface area contributed by atoms with Crippen molar-refractivity contribution >= 4 is 52.2 Å². The maximum atomic E-state index is 14.3. The van der Waals surface area contributed by atoms with Crippen LogP contribution in [-0.2, 0) is 14.3 Å². The molecule has 34 heavy (non-hydrogen) atoms. The van der Waals surface area contributed by atoms with Crippen LogP contribution >= 0.6 is 35.1 Å². The van der Waals surface area contributed by atoms with Crippen LogP contribution < -0.4 is 0 Å². The number of halogens is 1. The highest BCUT2D eigenvalue weighted by Crippen LogP contribution is 2.61. The molecule has 3 aliphatic heterocycles. The van der Waals surface area contributed by atoms with Crippen molar-refractivity contribution in [3.63, 3.8) is 0 Å². The first-order chi connectivity index (χ1) is 16.4. The van der Waals surface area contributed by atoms with Gasteiger partial charge in [-0.2, -0.15) is 0 Å². The second-order valence-corrected chi connectivity index (χ2v) is 11.0. The Kier molecular flexibility index (Phi) is 6.27. The Labute approximate surface area is 211 Å². The van der Waals surface area contributed by atoms with E-state index >= 15 is 0 Å². The van der Waals surface area contributed by atoms with Crippen LogP contribution in [0.5, 0.6) is 0 Å². The molecule has 1 amide bonds. The molecule has 4 atom stereocenters. The van der Waals surface area contributed by atoms with Gasteiger partial charge >= 0.3 is 5.97 Å². The van der Waals surface area contributed by atoms with Crippen molar-refractivity contribution in [2.75, 3.05) is 12.4 Å². The number of amidine groups is 1. The Morgan fingerprint density at radius 2 is 1.94 bits per heavy atom. The zero-order valence-corrected chi connectivity index (χ0v) is 21.0. The maximum Gasteiger partial charge on any atom is 0.338 e. The molecule has 4 unspecified atom stereocenters. The van der Waals surface area contributed by atoms with Gasteiger partial charge in [-0.05, 0) is 31.0 Å². The van der Waals surface area contributed by atoms with Crippen LogP contribution in [-0.4, -0.2) is 50.3 Å². The summed E-state index contributed by atoms with van der Waals surface area (Å²) in [5, 5.41) is 11.8. The minimum absolute atomic E-state index is 0.194. The fraction of sp³-hybridized carbons (Fsp3) is 0.320. The van der Waals surface area contributed by atoms with Gasteiger partial charge in [-0.15, -0.1) is 11.8 Å². The van der Waals surface area contributed by atoms with Crippen molar-refractivity contribution < 1.29 is 19.4 Å². The normalized spacial score (nSPS) is 28.4. The van der Waals surface area contributed by atoms with E-state index < -0.39 is 22.9 Å². The van der Waals surface area contributed by atoms with Gasteiger partial charge in [-0.3, -0.25) is 9.69 Å². The molecule has 1 spiro atoms. The Balaban J connectivity index is 1.67. The Morgan fingerprint density at radius 3 is 2.65 bits per heavy atom. The largest absolute Gasteiger partial charge is 0.463 e. The van der Waals surface area contributed by atoms with Crippen molar-refractivity contribution in [1.82, 2.24) is 4.90 Å². The predicted octanol–water partition coefficient (Wildman–Crippen LogP) is 4.75. The van der Waals surface area contributed by atoms with Gasteiger partial charge in [0.05, 0.1) is 35.3 Å². The molecule has 2 aromatic carbocycles. The number of allylic oxidation sites excluding steroid dienone is 1. The number of amides is 1. The standard InChI is InChI=1S/C25H23ClN2O4S2/c1-3-32-22(30)19-14(2)27-24-28(20(19)16-11-7-8-12-17(16)26)23(31)25(34-24)18(29)13-33-21(25)15-9-5-4-6-10-15/h4-12,18,20-21,29H,3,13H2,1-2H3. The van der Waals surface area contributed by atoms with Gasteiger partial charge in [0.1, 0.15) is 4.75 Å². The Hall–Kier alpha value is -2.26. The van der Waals surface area contributed by atoms with Crippen LogP contribution in [0.3, 0.4) is 0 Å².